The first-order valence-corrected chi connectivity index (χ1v) is 12.5. The van der Waals surface area contributed by atoms with Gasteiger partial charge in [0, 0.05) is 19.2 Å². The molecule has 6 nitrogen and oxygen atoms in total. The van der Waals surface area contributed by atoms with E-state index in [0.717, 1.165) is 49.0 Å². The minimum absolute atomic E-state index is 0.0837. The van der Waals surface area contributed by atoms with Crippen LogP contribution >= 0.6 is 0 Å². The minimum Gasteiger partial charge on any atom is -0.411 e. The fourth-order valence-electron chi connectivity index (χ4n) is 4.99. The van der Waals surface area contributed by atoms with E-state index in [2.05, 4.69) is 0 Å². The first kappa shape index (κ1) is 23.8. The Balaban J connectivity index is 1.46. The van der Waals surface area contributed by atoms with Gasteiger partial charge in [0.15, 0.2) is 11.0 Å². The van der Waals surface area contributed by atoms with Crippen LogP contribution in [0.4, 0.5) is 10.7 Å². The van der Waals surface area contributed by atoms with E-state index < -0.39 is 6.09 Å². The number of carbonyl (C=O) groups excluding carboxylic acids is 1. The van der Waals surface area contributed by atoms with Gasteiger partial charge in [0.25, 0.3) is 0 Å². The number of nitrogens with zero attached hydrogens (tertiary/aromatic N) is 2. The number of ether oxygens (including phenoxy) is 1. The topological polar surface area (TPSA) is 59.8 Å². The maximum atomic E-state index is 13.2. The Morgan fingerprint density at radius 3 is 2.33 bits per heavy atom. The van der Waals surface area contributed by atoms with Crippen molar-refractivity contribution in [1.82, 2.24) is 9.38 Å². The molecule has 2 heterocycles. The fraction of sp³-hybridized carbons (Fsp3) is 0.267. The third-order valence-corrected chi connectivity index (χ3v) is 6.98. The van der Waals surface area contributed by atoms with Crippen molar-refractivity contribution < 1.29 is 13.9 Å². The lowest BCUT2D eigenvalue weighted by atomic mass is 10.0. The molecule has 1 amide bonds. The van der Waals surface area contributed by atoms with Gasteiger partial charge in [0.05, 0.1) is 24.5 Å². The molecule has 1 fully saturated rings. The van der Waals surface area contributed by atoms with E-state index in [0.29, 0.717) is 27.9 Å². The molecule has 1 aliphatic rings. The highest BCUT2D eigenvalue weighted by atomic mass is 16.6. The maximum absolute atomic E-state index is 13.2. The number of amides is 1. The van der Waals surface area contributed by atoms with Crippen LogP contribution in [-0.4, -0.2) is 37.9 Å². The molecule has 0 bridgehead atoms. The van der Waals surface area contributed by atoms with Crippen molar-refractivity contribution in [2.45, 2.75) is 25.8 Å². The maximum Gasteiger partial charge on any atom is 0.414 e. The van der Waals surface area contributed by atoms with Gasteiger partial charge in [-0.15, -0.1) is 0 Å². The fourth-order valence-corrected chi connectivity index (χ4v) is 4.99. The number of quaternary nitrogens is 1. The zero-order chi connectivity index (χ0) is 25.0. The molecular weight excluding hydrogens is 452 g/mol. The molecule has 0 radical (unpaired) electrons. The number of hydrogen-bond donors (Lipinski definition) is 0. The number of benzene rings is 3. The zero-order valence-electron chi connectivity index (χ0n) is 20.6. The summed E-state index contributed by atoms with van der Waals surface area (Å²) in [5.74, 6) is 0.550. The van der Waals surface area contributed by atoms with Gasteiger partial charge in [0.1, 0.15) is 0 Å². The molecule has 3 aromatic carbocycles. The van der Waals surface area contributed by atoms with E-state index in [1.807, 2.05) is 72.8 Å². The van der Waals surface area contributed by atoms with Crippen LogP contribution in [0.2, 0.25) is 0 Å². The standard InChI is InChI=1S/C30H31N2O4/c1-31(21-23-12-5-2-6-13-23)30(34)35-22-32(18-9-4-10-19-32)28-20-27(33)26-17-11-16-25(29(26)36-28)24-14-7-3-8-15-24/h2-3,5-8,11-17,20H,4,9-10,18-19,21-22H2,1H3/q+1. The molecule has 0 unspecified atom stereocenters. The Hall–Kier alpha value is -3.90. The second kappa shape index (κ2) is 10.4. The van der Waals surface area contributed by atoms with Crippen LogP contribution in [-0.2, 0) is 11.3 Å². The molecule has 0 atom stereocenters. The summed E-state index contributed by atoms with van der Waals surface area (Å²) in [7, 11) is 1.73. The van der Waals surface area contributed by atoms with Gasteiger partial charge < -0.3 is 14.1 Å². The summed E-state index contributed by atoms with van der Waals surface area (Å²) in [4.78, 5) is 27.7. The molecule has 36 heavy (non-hydrogen) atoms. The Morgan fingerprint density at radius 1 is 0.917 bits per heavy atom. The van der Waals surface area contributed by atoms with E-state index in [-0.39, 0.29) is 12.2 Å². The Labute approximate surface area is 210 Å². The van der Waals surface area contributed by atoms with Crippen LogP contribution in [0, 0.1) is 0 Å². The molecule has 5 rings (SSSR count). The van der Waals surface area contributed by atoms with Crippen LogP contribution in [0.25, 0.3) is 22.1 Å². The predicted octanol–water partition coefficient (Wildman–Crippen LogP) is 6.18. The summed E-state index contributed by atoms with van der Waals surface area (Å²) >= 11 is 0. The lowest BCUT2D eigenvalue weighted by molar-refractivity contribution is 0.0334. The number of piperidine rings is 1. The van der Waals surface area contributed by atoms with Crippen molar-refractivity contribution in [3.05, 3.63) is 101 Å². The van der Waals surface area contributed by atoms with Crippen molar-refractivity contribution in [3.63, 3.8) is 0 Å². The van der Waals surface area contributed by atoms with Gasteiger partial charge in [-0.1, -0.05) is 72.8 Å². The molecule has 1 saturated heterocycles. The van der Waals surface area contributed by atoms with E-state index in [1.54, 1.807) is 24.1 Å². The number of rotatable bonds is 6. The quantitative estimate of drug-likeness (QED) is 0.308. The van der Waals surface area contributed by atoms with Crippen LogP contribution < -0.4 is 9.91 Å². The van der Waals surface area contributed by atoms with Crippen molar-refractivity contribution >= 4 is 22.9 Å². The number of carbonyl (C=O) groups is 1. The van der Waals surface area contributed by atoms with Crippen molar-refractivity contribution in [1.29, 1.82) is 0 Å². The second-order valence-electron chi connectivity index (χ2n) is 9.53. The van der Waals surface area contributed by atoms with Gasteiger partial charge in [-0.3, -0.25) is 4.79 Å². The van der Waals surface area contributed by atoms with E-state index in [9.17, 15) is 9.59 Å². The van der Waals surface area contributed by atoms with Crippen LogP contribution in [0.3, 0.4) is 0 Å². The smallest absolute Gasteiger partial charge is 0.411 e. The number of para-hydroxylation sites is 1. The first-order chi connectivity index (χ1) is 17.6. The number of hydrogen-bond acceptors (Lipinski definition) is 4. The largest absolute Gasteiger partial charge is 0.414 e. The monoisotopic (exact) mass is 483 g/mol. The van der Waals surface area contributed by atoms with E-state index in [1.165, 1.54) is 0 Å². The van der Waals surface area contributed by atoms with Gasteiger partial charge in [0.2, 0.25) is 6.73 Å². The normalized spacial score (nSPS) is 14.9. The third-order valence-electron chi connectivity index (χ3n) is 6.98. The van der Waals surface area contributed by atoms with E-state index >= 15 is 0 Å². The molecule has 1 aromatic heterocycles. The molecule has 4 aromatic rings. The summed E-state index contributed by atoms with van der Waals surface area (Å²) in [6, 6.07) is 27.0. The minimum atomic E-state index is -0.393. The summed E-state index contributed by atoms with van der Waals surface area (Å²) in [5, 5.41) is 0.551. The Bertz CT molecular complexity index is 1390. The molecular formula is C30H31N2O4+. The Kier molecular flexibility index (Phi) is 6.87. The van der Waals surface area contributed by atoms with Crippen molar-refractivity contribution in [3.8, 4) is 11.1 Å². The first-order valence-electron chi connectivity index (χ1n) is 12.5. The third kappa shape index (κ3) is 4.90. The van der Waals surface area contributed by atoms with Crippen molar-refractivity contribution in [2.24, 2.45) is 0 Å². The highest BCUT2D eigenvalue weighted by Crippen LogP contribution is 2.34. The molecule has 1 aliphatic heterocycles. The lowest BCUT2D eigenvalue weighted by Crippen LogP contribution is -2.55. The van der Waals surface area contributed by atoms with E-state index in [4.69, 9.17) is 9.15 Å². The molecule has 0 N–H and O–H groups in total. The average Bonchev–Trinajstić information content (AvgIpc) is 2.93. The van der Waals surface area contributed by atoms with Gasteiger partial charge in [-0.2, -0.15) is 0 Å². The summed E-state index contributed by atoms with van der Waals surface area (Å²) < 4.78 is 12.7. The van der Waals surface area contributed by atoms with Crippen molar-refractivity contribution in [2.75, 3.05) is 26.9 Å². The van der Waals surface area contributed by atoms with Gasteiger partial charge in [-0.05, 0) is 36.5 Å². The number of likely N-dealkylation sites (tertiary alicyclic amines) is 1. The summed E-state index contributed by atoms with van der Waals surface area (Å²) in [6.45, 7) is 2.08. The molecule has 0 spiro atoms. The molecule has 0 saturated carbocycles. The van der Waals surface area contributed by atoms with Gasteiger partial charge in [-0.25, -0.2) is 9.28 Å². The second-order valence-corrected chi connectivity index (χ2v) is 9.53. The molecule has 6 heteroatoms. The Morgan fingerprint density at radius 2 is 1.61 bits per heavy atom. The molecule has 184 valence electrons. The predicted molar refractivity (Wildman–Crippen MR) is 143 cm³/mol. The molecule has 0 aliphatic carbocycles. The van der Waals surface area contributed by atoms with Crippen LogP contribution in [0.15, 0.2) is 94.1 Å². The van der Waals surface area contributed by atoms with Crippen LogP contribution in [0.1, 0.15) is 24.8 Å². The summed E-state index contributed by atoms with van der Waals surface area (Å²) in [5.41, 5.74) is 3.39. The lowest BCUT2D eigenvalue weighted by Gasteiger charge is -2.38. The zero-order valence-corrected chi connectivity index (χ0v) is 20.6. The number of fused-ring (bicyclic) bond motifs is 1. The van der Waals surface area contributed by atoms with Crippen LogP contribution in [0.5, 0.6) is 0 Å². The summed E-state index contributed by atoms with van der Waals surface area (Å²) in [6.07, 6.45) is 2.66. The SMILES string of the molecule is CN(Cc1ccccc1)C(=O)OC[N+]1(c2cc(=O)c3cccc(-c4ccccc4)c3o2)CCCCC1. The highest BCUT2D eigenvalue weighted by Gasteiger charge is 2.38. The average molecular weight is 484 g/mol. The highest BCUT2D eigenvalue weighted by molar-refractivity contribution is 5.92. The van der Waals surface area contributed by atoms with Gasteiger partial charge >= 0.3 is 12.0 Å².